The van der Waals surface area contributed by atoms with Crippen LogP contribution >= 0.6 is 0 Å². The van der Waals surface area contributed by atoms with Crippen molar-refractivity contribution in [3.8, 4) is 0 Å². The number of hydrogen-bond acceptors (Lipinski definition) is 9. The van der Waals surface area contributed by atoms with Crippen LogP contribution in [0.15, 0.2) is 103 Å². The van der Waals surface area contributed by atoms with E-state index in [2.05, 4.69) is 102 Å². The summed E-state index contributed by atoms with van der Waals surface area (Å²) in [5.41, 5.74) is 16.7. The molecule has 5 aromatic rings. The predicted molar refractivity (Wildman–Crippen MR) is 276 cm³/mol. The van der Waals surface area contributed by atoms with Gasteiger partial charge in [0.25, 0.3) is 0 Å². The van der Waals surface area contributed by atoms with Crippen LogP contribution in [0.5, 0.6) is 0 Å². The Labute approximate surface area is 416 Å². The molecule has 0 bridgehead atoms. The third kappa shape index (κ3) is 11.5. The number of ether oxygens (including phenoxy) is 2. The lowest BCUT2D eigenvalue weighted by Crippen LogP contribution is -2.32. The molecule has 3 aliphatic heterocycles. The fraction of sp³-hybridized carbons (Fsp3) is 0.459. The number of Topliss-reactive ketones (excluding diaryl/α,β-unsaturated/α-hetero) is 1. The number of methoxy groups -OCH3 is 2. The highest BCUT2D eigenvalue weighted by Gasteiger charge is 2.42. The van der Waals surface area contributed by atoms with Crippen molar-refractivity contribution in [3.63, 3.8) is 0 Å². The molecule has 0 radical (unpaired) electrons. The normalized spacial score (nSPS) is 23.4. The summed E-state index contributed by atoms with van der Waals surface area (Å²) < 4.78 is 9.68. The molecule has 0 aromatic heterocycles. The Bertz CT molecular complexity index is 2530. The summed E-state index contributed by atoms with van der Waals surface area (Å²) in [6.07, 6.45) is 14.1. The zero-order valence-corrected chi connectivity index (χ0v) is 42.0. The Morgan fingerprint density at radius 3 is 1.36 bits per heavy atom. The summed E-state index contributed by atoms with van der Waals surface area (Å²) in [6.45, 7) is 12.8. The number of rotatable bonds is 8. The van der Waals surface area contributed by atoms with Crippen LogP contribution in [0.2, 0.25) is 0 Å². The molecular formula is C61H73N3O6. The molecule has 9 nitrogen and oxygen atoms in total. The Balaban J connectivity index is 0.000000133. The van der Waals surface area contributed by atoms with E-state index in [1.54, 1.807) is 0 Å². The van der Waals surface area contributed by atoms with Gasteiger partial charge < -0.3 is 19.9 Å². The van der Waals surface area contributed by atoms with Crippen molar-refractivity contribution in [1.29, 1.82) is 0 Å². The quantitative estimate of drug-likeness (QED) is 0.116. The van der Waals surface area contributed by atoms with Gasteiger partial charge in [-0.25, -0.2) is 9.59 Å². The maximum absolute atomic E-state index is 11.9. The lowest BCUT2D eigenvalue weighted by Gasteiger charge is -2.35. The van der Waals surface area contributed by atoms with Gasteiger partial charge in [-0.3, -0.25) is 14.6 Å². The third-order valence-corrected chi connectivity index (χ3v) is 16.8. The van der Waals surface area contributed by atoms with Gasteiger partial charge in [-0.1, -0.05) is 83.9 Å². The van der Waals surface area contributed by atoms with Crippen molar-refractivity contribution in [2.45, 2.75) is 104 Å². The predicted octanol–water partition coefficient (Wildman–Crippen LogP) is 9.66. The van der Waals surface area contributed by atoms with Gasteiger partial charge in [-0.2, -0.15) is 0 Å². The number of nitrogens with zero attached hydrogens (tertiary/aromatic N) is 2. The van der Waals surface area contributed by atoms with Gasteiger partial charge in [0.15, 0.2) is 5.78 Å². The molecule has 3 atom stereocenters. The Morgan fingerprint density at radius 1 is 0.529 bits per heavy atom. The van der Waals surface area contributed by atoms with Gasteiger partial charge in [-0.05, 0) is 202 Å². The largest absolute Gasteiger partial charge is 0.465 e. The summed E-state index contributed by atoms with van der Waals surface area (Å²) in [7, 11) is 2.88. The number of fused-ring (bicyclic) bond motifs is 3. The van der Waals surface area contributed by atoms with Crippen molar-refractivity contribution >= 4 is 17.7 Å². The van der Waals surface area contributed by atoms with Crippen molar-refractivity contribution in [2.24, 2.45) is 16.2 Å². The van der Waals surface area contributed by atoms with E-state index in [9.17, 15) is 14.4 Å². The van der Waals surface area contributed by atoms with E-state index in [4.69, 9.17) is 14.6 Å². The summed E-state index contributed by atoms with van der Waals surface area (Å²) >= 11 is 0. The minimum absolute atomic E-state index is 0.181. The molecular weight excluding hydrogens is 871 g/mol. The van der Waals surface area contributed by atoms with Gasteiger partial charge in [0.05, 0.1) is 25.3 Å². The van der Waals surface area contributed by atoms with Crippen LogP contribution in [0.1, 0.15) is 125 Å². The zero-order valence-electron chi connectivity index (χ0n) is 42.0. The summed E-state index contributed by atoms with van der Waals surface area (Å²) in [5, 5.41) is 12.6. The van der Waals surface area contributed by atoms with E-state index in [0.717, 1.165) is 84.3 Å². The second kappa shape index (κ2) is 21.5. The fourth-order valence-electron chi connectivity index (χ4n) is 12.6. The molecule has 2 N–H and O–H groups in total. The van der Waals surface area contributed by atoms with E-state index in [-0.39, 0.29) is 17.7 Å². The first kappa shape index (κ1) is 49.5. The van der Waals surface area contributed by atoms with Gasteiger partial charge in [-0.15, -0.1) is 0 Å². The van der Waals surface area contributed by atoms with Gasteiger partial charge in [0, 0.05) is 38.3 Å². The average Bonchev–Trinajstić information content (AvgIpc) is 4.12. The number of hydrogen-bond donors (Lipinski definition) is 2. The number of carbonyl (C=O) groups is 3. The fourth-order valence-corrected chi connectivity index (χ4v) is 12.6. The van der Waals surface area contributed by atoms with E-state index >= 15 is 0 Å². The van der Waals surface area contributed by atoms with Crippen LogP contribution in [0.4, 0.5) is 0 Å². The number of esters is 2. The molecule has 0 amide bonds. The first-order chi connectivity index (χ1) is 33.9. The maximum atomic E-state index is 11.9. The van der Waals surface area contributed by atoms with Crippen molar-refractivity contribution in [3.05, 3.63) is 175 Å². The zero-order chi connectivity index (χ0) is 48.9. The number of likely N-dealkylation sites (tertiary alicyclic amines) is 2. The number of nitrogens with one attached hydrogen (secondary N) is 1. The van der Waals surface area contributed by atoms with E-state index in [1.807, 2.05) is 30.3 Å². The van der Waals surface area contributed by atoms with Crippen LogP contribution in [0, 0.1) is 30.1 Å². The second-order valence-corrected chi connectivity index (χ2v) is 21.9. The van der Waals surface area contributed by atoms with E-state index in [0.29, 0.717) is 32.9 Å². The number of aliphatic hydroxyl groups excluding tert-OH is 1. The summed E-state index contributed by atoms with van der Waals surface area (Å²) in [6, 6.07) is 35.8. The molecule has 3 heterocycles. The summed E-state index contributed by atoms with van der Waals surface area (Å²) in [4.78, 5) is 40.4. The first-order valence-electron chi connectivity index (χ1n) is 25.8. The molecule has 3 fully saturated rings. The molecule has 3 unspecified atom stereocenters. The SMILES string of the molecule is COC(=O)c1ccc2c(c1)CC1(CC2)CCN(Cc2ccc(C)cc2)C1.COC(=O)c1ccc2c(c1)CC1(CCNC1)CC2.Cc1ccc(CN2CCC3(CCc4ccc(C(=O)CO)cc4C3)C2)cc1. The van der Waals surface area contributed by atoms with Crippen LogP contribution in [0.3, 0.4) is 0 Å². The minimum Gasteiger partial charge on any atom is -0.465 e. The van der Waals surface area contributed by atoms with Crippen LogP contribution in [-0.4, -0.2) is 92.7 Å². The van der Waals surface area contributed by atoms with E-state index in [1.165, 1.54) is 115 Å². The smallest absolute Gasteiger partial charge is 0.337 e. The number of aryl methyl sites for hydroxylation is 5. The lowest BCUT2D eigenvalue weighted by atomic mass is 9.70. The standard InChI is InChI=1S/2C23H27NO2.C15H19NO2/c1-17-3-5-18(6-4-17)15-24-12-11-23(16-24)10-9-19-7-8-20(22(25)26-2)13-21(19)14-23;1-17-2-4-18(5-3-17)14-24-11-10-23(16-24)9-8-19-6-7-20(22(26)15-25)12-21(19)13-23;1-18-14(17)12-3-2-11-4-5-15(6-7-16-10-15)9-13(11)8-12/h3-8,13H,9-12,14-16H2,1-2H3;2-7,12,25H,8-11,13-16H2,1H3;2-3,8,16H,4-7,9-10H2,1H3. The maximum Gasteiger partial charge on any atom is 0.337 e. The average molecular weight is 944 g/mol. The monoisotopic (exact) mass is 944 g/mol. The molecule has 3 saturated heterocycles. The van der Waals surface area contributed by atoms with Gasteiger partial charge >= 0.3 is 11.9 Å². The number of carbonyl (C=O) groups excluding carboxylic acids is 3. The highest BCUT2D eigenvalue weighted by molar-refractivity contribution is 5.97. The van der Waals surface area contributed by atoms with Crippen LogP contribution < -0.4 is 5.32 Å². The number of benzene rings is 5. The molecule has 6 aliphatic rings. The van der Waals surface area contributed by atoms with Crippen molar-refractivity contribution in [2.75, 3.05) is 60.1 Å². The topological polar surface area (TPSA) is 108 Å². The van der Waals surface area contributed by atoms with E-state index < -0.39 is 6.61 Å². The lowest BCUT2D eigenvalue weighted by molar-refractivity contribution is 0.0591. The van der Waals surface area contributed by atoms with Crippen LogP contribution in [-0.2, 0) is 61.1 Å². The van der Waals surface area contributed by atoms with Crippen molar-refractivity contribution in [1.82, 2.24) is 15.1 Å². The Kier molecular flexibility index (Phi) is 15.2. The molecule has 9 heteroatoms. The minimum atomic E-state index is -0.408. The highest BCUT2D eigenvalue weighted by Crippen LogP contribution is 2.45. The van der Waals surface area contributed by atoms with Crippen molar-refractivity contribution < 1.29 is 29.0 Å². The second-order valence-electron chi connectivity index (χ2n) is 21.9. The molecule has 11 rings (SSSR count). The molecule has 70 heavy (non-hydrogen) atoms. The Hall–Kier alpha value is -5.45. The Morgan fingerprint density at radius 2 is 0.943 bits per heavy atom. The molecule has 5 aromatic carbocycles. The van der Waals surface area contributed by atoms with Gasteiger partial charge in [0.1, 0.15) is 6.61 Å². The number of aliphatic hydroxyl groups is 1. The molecule has 0 saturated carbocycles. The molecule has 368 valence electrons. The molecule has 3 aliphatic carbocycles. The van der Waals surface area contributed by atoms with Gasteiger partial charge in [0.2, 0.25) is 0 Å². The first-order valence-corrected chi connectivity index (χ1v) is 25.8. The molecule has 3 spiro atoms. The summed E-state index contributed by atoms with van der Waals surface area (Å²) in [5.74, 6) is -0.651. The highest BCUT2D eigenvalue weighted by atomic mass is 16.5. The number of ketones is 1. The third-order valence-electron chi connectivity index (χ3n) is 16.8. The van der Waals surface area contributed by atoms with Crippen LogP contribution in [0.25, 0.3) is 0 Å².